The Bertz CT molecular complexity index is 311. The molecule has 94 valence electrons. The minimum absolute atomic E-state index is 0.0759. The monoisotopic (exact) mass is 234 g/mol. The summed E-state index contributed by atoms with van der Waals surface area (Å²) in [5.41, 5.74) is 0.893. The first-order valence-corrected chi connectivity index (χ1v) is 6.18. The van der Waals surface area contributed by atoms with E-state index in [1.54, 1.807) is 0 Å². The molecule has 1 aliphatic heterocycles. The number of aliphatic hydroxyl groups excluding tert-OH is 1. The van der Waals surface area contributed by atoms with Crippen LogP contribution in [0, 0.1) is 18.3 Å². The minimum atomic E-state index is 0.0759. The highest BCUT2D eigenvalue weighted by atomic mass is 16.5. The lowest BCUT2D eigenvalue weighted by Gasteiger charge is -2.27. The first kappa shape index (κ1) is 14.0. The van der Waals surface area contributed by atoms with Gasteiger partial charge in [-0.15, -0.1) is 12.3 Å². The van der Waals surface area contributed by atoms with Crippen molar-refractivity contribution in [2.24, 2.45) is 5.92 Å². The molecule has 17 heavy (non-hydrogen) atoms. The highest BCUT2D eigenvalue weighted by molar-refractivity contribution is 5.02. The van der Waals surface area contributed by atoms with Gasteiger partial charge < -0.3 is 9.84 Å². The van der Waals surface area contributed by atoms with Gasteiger partial charge in [0.15, 0.2) is 0 Å². The average molecular weight is 234 g/mol. The minimum Gasteiger partial charge on any atom is -0.392 e. The maximum atomic E-state index is 8.94. The third kappa shape index (κ3) is 5.21. The third-order valence-corrected chi connectivity index (χ3v) is 2.96. The second kappa shape index (κ2) is 7.32. The van der Waals surface area contributed by atoms with E-state index in [-0.39, 0.29) is 18.8 Å². The smallest absolute Gasteiger partial charge is 0.0868 e. The molecule has 0 bridgehead atoms. The van der Waals surface area contributed by atoms with Crippen LogP contribution in [-0.2, 0) is 4.74 Å². The van der Waals surface area contributed by atoms with Crippen LogP contribution in [0.1, 0.15) is 32.6 Å². The lowest BCUT2D eigenvalue weighted by Crippen LogP contribution is -2.25. The number of terminal acetylenes is 1. The lowest BCUT2D eigenvalue weighted by atomic mass is 9.94. The fourth-order valence-electron chi connectivity index (χ4n) is 2.20. The normalized spacial score (nSPS) is 25.2. The third-order valence-electron chi connectivity index (χ3n) is 2.96. The molecule has 2 heteroatoms. The molecule has 0 saturated heterocycles. The van der Waals surface area contributed by atoms with Crippen LogP contribution in [0.4, 0.5) is 0 Å². The Labute approximate surface area is 104 Å². The van der Waals surface area contributed by atoms with Gasteiger partial charge in [-0.1, -0.05) is 31.2 Å². The Kier molecular flexibility index (Phi) is 6.04. The van der Waals surface area contributed by atoms with Gasteiger partial charge in [-0.3, -0.25) is 0 Å². The Morgan fingerprint density at radius 1 is 1.71 bits per heavy atom. The Hall–Kier alpha value is -1.04. The molecule has 0 saturated carbocycles. The topological polar surface area (TPSA) is 29.5 Å². The van der Waals surface area contributed by atoms with Crippen LogP contribution in [-0.4, -0.2) is 23.9 Å². The van der Waals surface area contributed by atoms with E-state index in [1.165, 1.54) is 0 Å². The summed E-state index contributed by atoms with van der Waals surface area (Å²) in [6.07, 6.45) is 13.3. The zero-order valence-corrected chi connectivity index (χ0v) is 10.6. The molecule has 0 aromatic rings. The van der Waals surface area contributed by atoms with E-state index in [4.69, 9.17) is 16.3 Å². The number of hydrogen-bond donors (Lipinski definition) is 1. The summed E-state index contributed by atoms with van der Waals surface area (Å²) in [6.45, 7) is 6.06. The largest absolute Gasteiger partial charge is 0.392 e. The second-order valence-electron chi connectivity index (χ2n) is 4.82. The van der Waals surface area contributed by atoms with Crippen molar-refractivity contribution in [1.29, 1.82) is 0 Å². The highest BCUT2D eigenvalue weighted by Gasteiger charge is 2.19. The fraction of sp³-hybridized carbons (Fsp3) is 0.600. The molecule has 2 nitrogen and oxygen atoms in total. The number of hydrogen-bond acceptors (Lipinski definition) is 2. The van der Waals surface area contributed by atoms with Gasteiger partial charge in [0.25, 0.3) is 0 Å². The van der Waals surface area contributed by atoms with Crippen LogP contribution in [0.5, 0.6) is 0 Å². The van der Waals surface area contributed by atoms with Gasteiger partial charge in [-0.05, 0) is 25.2 Å². The van der Waals surface area contributed by atoms with Gasteiger partial charge in [0, 0.05) is 6.42 Å². The van der Waals surface area contributed by atoms with Crippen molar-refractivity contribution in [3.63, 3.8) is 0 Å². The molecular formula is C15H22O2. The van der Waals surface area contributed by atoms with Crippen molar-refractivity contribution in [1.82, 2.24) is 0 Å². The molecule has 0 aromatic carbocycles. The summed E-state index contributed by atoms with van der Waals surface area (Å²) < 4.78 is 5.89. The summed E-state index contributed by atoms with van der Waals surface area (Å²) in [5, 5.41) is 8.94. The Morgan fingerprint density at radius 2 is 2.47 bits per heavy atom. The number of ether oxygens (including phenoxy) is 1. The predicted octanol–water partition coefficient (Wildman–Crippen LogP) is 2.69. The molecule has 0 fully saturated rings. The number of aliphatic hydroxyl groups is 1. The first-order chi connectivity index (χ1) is 8.15. The molecule has 0 unspecified atom stereocenters. The summed E-state index contributed by atoms with van der Waals surface area (Å²) in [4.78, 5) is 0. The van der Waals surface area contributed by atoms with E-state index in [0.717, 1.165) is 24.8 Å². The van der Waals surface area contributed by atoms with Crippen LogP contribution in [0.15, 0.2) is 24.3 Å². The fourth-order valence-corrected chi connectivity index (χ4v) is 2.20. The molecule has 1 heterocycles. The number of rotatable bonds is 6. The Morgan fingerprint density at radius 3 is 3.12 bits per heavy atom. The molecule has 3 atom stereocenters. The highest BCUT2D eigenvalue weighted by Crippen LogP contribution is 2.23. The van der Waals surface area contributed by atoms with E-state index in [9.17, 15) is 0 Å². The van der Waals surface area contributed by atoms with Crippen LogP contribution in [0.25, 0.3) is 0 Å². The van der Waals surface area contributed by atoms with Crippen molar-refractivity contribution in [2.75, 3.05) is 6.61 Å². The van der Waals surface area contributed by atoms with E-state index in [2.05, 4.69) is 25.5 Å². The van der Waals surface area contributed by atoms with Gasteiger partial charge in [-0.2, -0.15) is 0 Å². The average Bonchev–Trinajstić information content (AvgIpc) is 2.29. The zero-order chi connectivity index (χ0) is 12.7. The SMILES string of the molecule is C#CC[C@@H]1C=CC[C@@H](C[C@@H](C)CC(=C)CO)O1. The predicted molar refractivity (Wildman–Crippen MR) is 70.5 cm³/mol. The summed E-state index contributed by atoms with van der Waals surface area (Å²) >= 11 is 0. The quantitative estimate of drug-likeness (QED) is 0.565. The van der Waals surface area contributed by atoms with Crippen LogP contribution < -0.4 is 0 Å². The van der Waals surface area contributed by atoms with Crippen molar-refractivity contribution >= 4 is 0 Å². The molecule has 1 rings (SSSR count). The summed E-state index contributed by atoms with van der Waals surface area (Å²) in [6, 6.07) is 0. The van der Waals surface area contributed by atoms with E-state index >= 15 is 0 Å². The molecule has 0 spiro atoms. The van der Waals surface area contributed by atoms with Gasteiger partial charge in [0.05, 0.1) is 18.8 Å². The standard InChI is InChI=1S/C15H22O2/c1-4-6-14-7-5-8-15(17-14)10-12(2)9-13(3)11-16/h1,5,7,12,14-16H,3,6,8-11H2,2H3/t12-,14+,15-/m0/s1. The van der Waals surface area contributed by atoms with Crippen molar-refractivity contribution < 1.29 is 9.84 Å². The maximum absolute atomic E-state index is 8.94. The zero-order valence-electron chi connectivity index (χ0n) is 10.6. The molecular weight excluding hydrogens is 212 g/mol. The molecule has 1 N–H and O–H groups in total. The van der Waals surface area contributed by atoms with Gasteiger partial charge >= 0.3 is 0 Å². The van der Waals surface area contributed by atoms with Crippen LogP contribution >= 0.6 is 0 Å². The molecule has 0 amide bonds. The summed E-state index contributed by atoms with van der Waals surface area (Å²) in [5.74, 6) is 3.11. The van der Waals surface area contributed by atoms with Crippen LogP contribution in [0.2, 0.25) is 0 Å². The van der Waals surface area contributed by atoms with E-state index < -0.39 is 0 Å². The van der Waals surface area contributed by atoms with E-state index in [1.807, 2.05) is 6.08 Å². The van der Waals surface area contributed by atoms with Crippen molar-refractivity contribution in [3.8, 4) is 12.3 Å². The van der Waals surface area contributed by atoms with E-state index in [0.29, 0.717) is 12.3 Å². The second-order valence-corrected chi connectivity index (χ2v) is 4.82. The molecule has 1 aliphatic rings. The van der Waals surface area contributed by atoms with Gasteiger partial charge in [0.2, 0.25) is 0 Å². The molecule has 0 aliphatic carbocycles. The maximum Gasteiger partial charge on any atom is 0.0868 e. The van der Waals surface area contributed by atoms with Gasteiger partial charge in [0.1, 0.15) is 0 Å². The molecule has 0 radical (unpaired) electrons. The lowest BCUT2D eigenvalue weighted by molar-refractivity contribution is -0.00338. The molecule has 0 aromatic heterocycles. The first-order valence-electron chi connectivity index (χ1n) is 6.18. The Balaban J connectivity index is 2.35. The van der Waals surface area contributed by atoms with Crippen molar-refractivity contribution in [2.45, 2.75) is 44.8 Å². The van der Waals surface area contributed by atoms with Crippen LogP contribution in [0.3, 0.4) is 0 Å². The summed E-state index contributed by atoms with van der Waals surface area (Å²) in [7, 11) is 0. The van der Waals surface area contributed by atoms with Gasteiger partial charge in [-0.25, -0.2) is 0 Å². The van der Waals surface area contributed by atoms with Crippen molar-refractivity contribution in [3.05, 3.63) is 24.3 Å².